The highest BCUT2D eigenvalue weighted by Crippen LogP contribution is 2.22. The van der Waals surface area contributed by atoms with E-state index in [9.17, 15) is 9.90 Å². The van der Waals surface area contributed by atoms with Gasteiger partial charge >= 0.3 is 5.97 Å². The normalized spacial score (nSPS) is 12.6. The van der Waals surface area contributed by atoms with Crippen LogP contribution in [0.2, 0.25) is 0 Å². The molecule has 0 saturated carbocycles. The number of hydrogen-bond acceptors (Lipinski definition) is 5. The van der Waals surface area contributed by atoms with Gasteiger partial charge in [-0.2, -0.15) is 5.10 Å². The molecule has 0 spiro atoms. The molecule has 1 unspecified atom stereocenters. The molecule has 6 nitrogen and oxygen atoms in total. The standard InChI is InChI=1S/C16H18N4O2S/c1-10-6-18-20(8-10)9-14(16(21)22)17-7-12-3-4-13-15(5-12)23-11(2)19-13/h3-6,8,14,17H,7,9H2,1-2H3,(H,21,22). The Kier molecular flexibility index (Phi) is 4.40. The second-order valence-corrected chi connectivity index (χ2v) is 6.78. The van der Waals surface area contributed by atoms with Crippen LogP contribution >= 0.6 is 11.3 Å². The number of thiazole rings is 1. The van der Waals surface area contributed by atoms with E-state index >= 15 is 0 Å². The summed E-state index contributed by atoms with van der Waals surface area (Å²) < 4.78 is 2.77. The van der Waals surface area contributed by atoms with Crippen molar-refractivity contribution in [3.05, 3.63) is 46.7 Å². The van der Waals surface area contributed by atoms with Crippen molar-refractivity contribution in [2.24, 2.45) is 0 Å². The Morgan fingerprint density at radius 1 is 1.43 bits per heavy atom. The molecular formula is C16H18N4O2S. The topological polar surface area (TPSA) is 80.0 Å². The van der Waals surface area contributed by atoms with Crippen LogP contribution in [-0.4, -0.2) is 31.9 Å². The van der Waals surface area contributed by atoms with Crippen LogP contribution in [-0.2, 0) is 17.9 Å². The Bertz CT molecular complexity index is 840. The third-order valence-corrected chi connectivity index (χ3v) is 4.48. The van der Waals surface area contributed by atoms with Crippen molar-refractivity contribution in [3.8, 4) is 0 Å². The predicted octanol–water partition coefficient (Wildman–Crippen LogP) is 2.35. The SMILES string of the molecule is Cc1cnn(CC(NCc2ccc3nc(C)sc3c2)C(=O)O)c1. The maximum absolute atomic E-state index is 11.4. The van der Waals surface area contributed by atoms with Crippen LogP contribution in [0.3, 0.4) is 0 Å². The average molecular weight is 330 g/mol. The van der Waals surface area contributed by atoms with Crippen LogP contribution in [0.15, 0.2) is 30.6 Å². The fourth-order valence-electron chi connectivity index (χ4n) is 2.42. The number of hydrogen-bond donors (Lipinski definition) is 2. The van der Waals surface area contributed by atoms with Crippen molar-refractivity contribution in [1.29, 1.82) is 0 Å². The zero-order valence-corrected chi connectivity index (χ0v) is 13.8. The van der Waals surface area contributed by atoms with Gasteiger partial charge in [0.05, 0.1) is 28.0 Å². The fraction of sp³-hybridized carbons (Fsp3) is 0.312. The first-order chi connectivity index (χ1) is 11.0. The summed E-state index contributed by atoms with van der Waals surface area (Å²) in [6, 6.07) is 5.32. The number of carbonyl (C=O) groups is 1. The number of aryl methyl sites for hydroxylation is 2. The minimum Gasteiger partial charge on any atom is -0.480 e. The second kappa shape index (κ2) is 6.47. The lowest BCUT2D eigenvalue weighted by atomic mass is 10.2. The largest absolute Gasteiger partial charge is 0.480 e. The molecule has 120 valence electrons. The maximum atomic E-state index is 11.4. The van der Waals surface area contributed by atoms with Gasteiger partial charge in [0, 0.05) is 12.7 Å². The summed E-state index contributed by atoms with van der Waals surface area (Å²) in [6.07, 6.45) is 3.56. The molecule has 0 aliphatic carbocycles. The highest BCUT2D eigenvalue weighted by atomic mass is 32.1. The van der Waals surface area contributed by atoms with Crippen LogP contribution in [0.1, 0.15) is 16.1 Å². The molecule has 2 heterocycles. The third kappa shape index (κ3) is 3.75. The number of benzene rings is 1. The Hall–Kier alpha value is -2.25. The molecule has 0 fully saturated rings. The van der Waals surface area contributed by atoms with E-state index in [1.54, 1.807) is 22.2 Å². The highest BCUT2D eigenvalue weighted by Gasteiger charge is 2.18. The number of nitrogens with zero attached hydrogens (tertiary/aromatic N) is 3. The predicted molar refractivity (Wildman–Crippen MR) is 89.6 cm³/mol. The fourth-order valence-corrected chi connectivity index (χ4v) is 3.31. The Morgan fingerprint density at radius 2 is 2.26 bits per heavy atom. The van der Waals surface area contributed by atoms with Gasteiger partial charge in [-0.1, -0.05) is 6.07 Å². The van der Waals surface area contributed by atoms with Crippen molar-refractivity contribution in [2.45, 2.75) is 33.0 Å². The van der Waals surface area contributed by atoms with Crippen molar-refractivity contribution >= 4 is 27.5 Å². The highest BCUT2D eigenvalue weighted by molar-refractivity contribution is 7.18. The van der Waals surface area contributed by atoms with Crippen LogP contribution in [0.4, 0.5) is 0 Å². The van der Waals surface area contributed by atoms with Crippen LogP contribution in [0, 0.1) is 13.8 Å². The molecular weight excluding hydrogens is 312 g/mol. The lowest BCUT2D eigenvalue weighted by Crippen LogP contribution is -2.39. The molecule has 0 bridgehead atoms. The summed E-state index contributed by atoms with van der Waals surface area (Å²) in [6.45, 7) is 4.70. The molecule has 0 aliphatic rings. The lowest BCUT2D eigenvalue weighted by Gasteiger charge is -2.14. The molecule has 3 rings (SSSR count). The van der Waals surface area contributed by atoms with E-state index in [1.807, 2.05) is 32.2 Å². The molecule has 23 heavy (non-hydrogen) atoms. The van der Waals surface area contributed by atoms with E-state index in [-0.39, 0.29) is 0 Å². The number of nitrogens with one attached hydrogen (secondary N) is 1. The van der Waals surface area contributed by atoms with Crippen molar-refractivity contribution in [1.82, 2.24) is 20.1 Å². The summed E-state index contributed by atoms with van der Waals surface area (Å²) in [4.78, 5) is 15.9. The molecule has 0 radical (unpaired) electrons. The molecule has 0 amide bonds. The van der Waals surface area contributed by atoms with Crippen molar-refractivity contribution in [2.75, 3.05) is 0 Å². The number of carboxylic acids is 1. The van der Waals surface area contributed by atoms with Gasteiger partial charge in [-0.15, -0.1) is 11.3 Å². The minimum atomic E-state index is -0.882. The quantitative estimate of drug-likeness (QED) is 0.725. The lowest BCUT2D eigenvalue weighted by molar-refractivity contribution is -0.140. The second-order valence-electron chi connectivity index (χ2n) is 5.55. The first kappa shape index (κ1) is 15.6. The van der Waals surface area contributed by atoms with E-state index in [1.165, 1.54) is 0 Å². The third-order valence-electron chi connectivity index (χ3n) is 3.54. The van der Waals surface area contributed by atoms with Crippen LogP contribution < -0.4 is 5.32 Å². The molecule has 3 aromatic rings. The summed E-state index contributed by atoms with van der Waals surface area (Å²) in [5, 5.41) is 17.6. The smallest absolute Gasteiger partial charge is 0.322 e. The summed E-state index contributed by atoms with van der Waals surface area (Å²) in [5.41, 5.74) is 3.04. The zero-order chi connectivity index (χ0) is 16.4. The molecule has 0 saturated heterocycles. The van der Waals surface area contributed by atoms with Gasteiger partial charge in [-0.05, 0) is 37.1 Å². The van der Waals surface area contributed by atoms with Gasteiger partial charge in [0.25, 0.3) is 0 Å². The number of aromatic nitrogens is 3. The molecule has 2 N–H and O–H groups in total. The number of aliphatic carboxylic acids is 1. The van der Waals surface area contributed by atoms with E-state index in [4.69, 9.17) is 0 Å². The van der Waals surface area contributed by atoms with Gasteiger partial charge in [-0.25, -0.2) is 4.98 Å². The minimum absolute atomic E-state index is 0.297. The van der Waals surface area contributed by atoms with Gasteiger partial charge in [-0.3, -0.25) is 14.8 Å². The molecule has 0 aliphatic heterocycles. The Labute approximate surface area is 137 Å². The average Bonchev–Trinajstić information content (AvgIpc) is 3.07. The molecule has 1 atom stereocenters. The number of rotatable bonds is 6. The number of fused-ring (bicyclic) bond motifs is 1. The monoisotopic (exact) mass is 330 g/mol. The van der Waals surface area contributed by atoms with E-state index in [2.05, 4.69) is 21.5 Å². The Morgan fingerprint density at radius 3 is 2.96 bits per heavy atom. The Balaban J connectivity index is 1.68. The van der Waals surface area contributed by atoms with E-state index in [0.717, 1.165) is 26.4 Å². The molecule has 1 aromatic carbocycles. The van der Waals surface area contributed by atoms with E-state index < -0.39 is 12.0 Å². The first-order valence-corrected chi connectivity index (χ1v) is 8.14. The zero-order valence-electron chi connectivity index (χ0n) is 13.0. The molecule has 7 heteroatoms. The summed E-state index contributed by atoms with van der Waals surface area (Å²) in [7, 11) is 0. The number of carboxylic acid groups (broad SMARTS) is 1. The maximum Gasteiger partial charge on any atom is 0.322 e. The van der Waals surface area contributed by atoms with Crippen LogP contribution in [0.25, 0.3) is 10.2 Å². The first-order valence-electron chi connectivity index (χ1n) is 7.32. The van der Waals surface area contributed by atoms with Crippen LogP contribution in [0.5, 0.6) is 0 Å². The summed E-state index contributed by atoms with van der Waals surface area (Å²) >= 11 is 1.64. The van der Waals surface area contributed by atoms with Crippen molar-refractivity contribution in [3.63, 3.8) is 0 Å². The molecule has 2 aromatic heterocycles. The summed E-state index contributed by atoms with van der Waals surface area (Å²) in [5.74, 6) is -0.882. The van der Waals surface area contributed by atoms with Gasteiger partial charge in [0.1, 0.15) is 6.04 Å². The van der Waals surface area contributed by atoms with Gasteiger partial charge in [0.15, 0.2) is 0 Å². The van der Waals surface area contributed by atoms with Crippen molar-refractivity contribution < 1.29 is 9.90 Å². The van der Waals surface area contributed by atoms with E-state index in [0.29, 0.717) is 13.1 Å². The van der Waals surface area contributed by atoms with Gasteiger partial charge < -0.3 is 5.11 Å². The van der Waals surface area contributed by atoms with Gasteiger partial charge in [0.2, 0.25) is 0 Å².